The standard InChI is InChI=1S/C14H19NO5S/c1-2-3-12(16)10-15-21(19,20)13-7-4-11(5-8-13)6-9-14(17)18/h4-9,12,15-16H,2-3,10H2,1H3,(H,17,18)/b9-6+. The van der Waals surface area contributed by atoms with Crippen LogP contribution in [0.1, 0.15) is 25.3 Å². The highest BCUT2D eigenvalue weighted by atomic mass is 32.2. The van der Waals surface area contributed by atoms with E-state index in [1.165, 1.54) is 30.3 Å². The number of aliphatic hydroxyl groups is 1. The van der Waals surface area contributed by atoms with Gasteiger partial charge in [-0.1, -0.05) is 25.5 Å². The summed E-state index contributed by atoms with van der Waals surface area (Å²) in [5, 5.41) is 18.0. The summed E-state index contributed by atoms with van der Waals surface area (Å²) in [5.41, 5.74) is 0.586. The van der Waals surface area contributed by atoms with Gasteiger partial charge in [0.15, 0.2) is 0 Å². The lowest BCUT2D eigenvalue weighted by Crippen LogP contribution is -2.32. The summed E-state index contributed by atoms with van der Waals surface area (Å²) in [5.74, 6) is -1.07. The number of sulfonamides is 1. The molecule has 0 spiro atoms. The van der Waals surface area contributed by atoms with E-state index in [0.29, 0.717) is 12.0 Å². The number of nitrogens with one attached hydrogen (secondary N) is 1. The van der Waals surface area contributed by atoms with Crippen molar-refractivity contribution in [2.75, 3.05) is 6.54 Å². The van der Waals surface area contributed by atoms with Gasteiger partial charge in [0, 0.05) is 12.6 Å². The Morgan fingerprint density at radius 1 is 1.33 bits per heavy atom. The molecule has 116 valence electrons. The average Bonchev–Trinajstić information content (AvgIpc) is 2.44. The summed E-state index contributed by atoms with van der Waals surface area (Å²) in [7, 11) is -3.67. The number of aliphatic hydroxyl groups excluding tert-OH is 1. The number of aliphatic carboxylic acids is 1. The van der Waals surface area contributed by atoms with E-state index in [1.807, 2.05) is 6.92 Å². The van der Waals surface area contributed by atoms with Gasteiger partial charge in [0.25, 0.3) is 0 Å². The maximum Gasteiger partial charge on any atom is 0.328 e. The lowest BCUT2D eigenvalue weighted by molar-refractivity contribution is -0.131. The zero-order chi connectivity index (χ0) is 15.9. The molecule has 7 heteroatoms. The van der Waals surface area contributed by atoms with Crippen LogP contribution in [0.5, 0.6) is 0 Å². The second-order valence-corrected chi connectivity index (χ2v) is 6.30. The lowest BCUT2D eigenvalue weighted by atomic mass is 10.2. The normalized spacial score (nSPS) is 13.4. The molecular weight excluding hydrogens is 294 g/mol. The summed E-state index contributed by atoms with van der Waals surface area (Å²) >= 11 is 0. The summed E-state index contributed by atoms with van der Waals surface area (Å²) in [6.45, 7) is 1.87. The van der Waals surface area contributed by atoms with Crippen molar-refractivity contribution < 1.29 is 23.4 Å². The molecular formula is C14H19NO5S. The molecule has 0 aliphatic rings. The number of rotatable bonds is 8. The van der Waals surface area contributed by atoms with E-state index >= 15 is 0 Å². The fourth-order valence-corrected chi connectivity index (χ4v) is 2.72. The fraction of sp³-hybridized carbons (Fsp3) is 0.357. The Morgan fingerprint density at radius 3 is 2.48 bits per heavy atom. The van der Waals surface area contributed by atoms with Crippen LogP contribution in [0.3, 0.4) is 0 Å². The van der Waals surface area contributed by atoms with Crippen LogP contribution >= 0.6 is 0 Å². The Morgan fingerprint density at radius 2 is 1.95 bits per heavy atom. The molecule has 6 nitrogen and oxygen atoms in total. The Kier molecular flexibility index (Phi) is 6.54. The number of benzene rings is 1. The van der Waals surface area contributed by atoms with Crippen LogP contribution < -0.4 is 4.72 Å². The van der Waals surface area contributed by atoms with Crippen LogP contribution in [0.2, 0.25) is 0 Å². The predicted octanol–water partition coefficient (Wildman–Crippen LogP) is 1.22. The predicted molar refractivity (Wildman–Crippen MR) is 79.2 cm³/mol. The summed E-state index contributed by atoms with van der Waals surface area (Å²) in [6.07, 6.45) is 2.94. The van der Waals surface area contributed by atoms with Crippen LogP contribution in [-0.2, 0) is 14.8 Å². The van der Waals surface area contributed by atoms with E-state index in [9.17, 15) is 18.3 Å². The van der Waals surface area contributed by atoms with E-state index in [1.54, 1.807) is 0 Å². The van der Waals surface area contributed by atoms with Crippen molar-refractivity contribution in [1.82, 2.24) is 4.72 Å². The van der Waals surface area contributed by atoms with E-state index in [0.717, 1.165) is 12.5 Å². The van der Waals surface area contributed by atoms with Crippen molar-refractivity contribution in [2.45, 2.75) is 30.8 Å². The first-order valence-corrected chi connectivity index (χ1v) is 8.02. The number of carboxylic acid groups (broad SMARTS) is 1. The van der Waals surface area contributed by atoms with E-state index in [4.69, 9.17) is 5.11 Å². The number of carbonyl (C=O) groups is 1. The minimum atomic E-state index is -3.67. The van der Waals surface area contributed by atoms with Gasteiger partial charge in [0.2, 0.25) is 10.0 Å². The molecule has 0 bridgehead atoms. The molecule has 1 atom stereocenters. The van der Waals surface area contributed by atoms with Crippen LogP contribution in [0, 0.1) is 0 Å². The van der Waals surface area contributed by atoms with E-state index < -0.39 is 22.1 Å². The van der Waals surface area contributed by atoms with E-state index in [-0.39, 0.29) is 11.4 Å². The van der Waals surface area contributed by atoms with Crippen LogP contribution in [0.15, 0.2) is 35.2 Å². The van der Waals surface area contributed by atoms with Crippen molar-refractivity contribution in [3.63, 3.8) is 0 Å². The van der Waals surface area contributed by atoms with E-state index in [2.05, 4.69) is 4.72 Å². The SMILES string of the molecule is CCCC(O)CNS(=O)(=O)c1ccc(/C=C/C(=O)O)cc1. The van der Waals surface area contributed by atoms with Crippen LogP contribution in [0.25, 0.3) is 6.08 Å². The molecule has 0 amide bonds. The molecule has 0 saturated heterocycles. The molecule has 0 fully saturated rings. The highest BCUT2D eigenvalue weighted by Crippen LogP contribution is 2.12. The summed E-state index contributed by atoms with van der Waals surface area (Å²) in [6, 6.07) is 5.79. The second-order valence-electron chi connectivity index (χ2n) is 4.54. The summed E-state index contributed by atoms with van der Waals surface area (Å²) in [4.78, 5) is 10.5. The molecule has 3 N–H and O–H groups in total. The van der Waals surface area contributed by atoms with Crippen LogP contribution in [-0.4, -0.2) is 37.2 Å². The molecule has 1 aromatic rings. The number of hydrogen-bond donors (Lipinski definition) is 3. The van der Waals surface area contributed by atoms with Crippen molar-refractivity contribution in [1.29, 1.82) is 0 Å². The quantitative estimate of drug-likeness (QED) is 0.626. The third kappa shape index (κ3) is 6.07. The lowest BCUT2D eigenvalue weighted by Gasteiger charge is -2.11. The molecule has 1 rings (SSSR count). The van der Waals surface area contributed by atoms with Crippen molar-refractivity contribution in [3.8, 4) is 0 Å². The molecule has 0 heterocycles. The molecule has 0 saturated carbocycles. The minimum absolute atomic E-state index is 0.0309. The summed E-state index contributed by atoms with van der Waals surface area (Å²) < 4.78 is 26.3. The molecule has 0 aliphatic carbocycles. The third-order valence-corrected chi connectivity index (χ3v) is 4.18. The molecule has 1 aromatic carbocycles. The first-order valence-electron chi connectivity index (χ1n) is 6.54. The van der Waals surface area contributed by atoms with Crippen LogP contribution in [0.4, 0.5) is 0 Å². The Bertz CT molecular complexity index is 592. The smallest absolute Gasteiger partial charge is 0.328 e. The number of carboxylic acids is 1. The maximum atomic E-state index is 12.0. The van der Waals surface area contributed by atoms with Gasteiger partial charge in [-0.2, -0.15) is 0 Å². The van der Waals surface area contributed by atoms with Gasteiger partial charge in [-0.15, -0.1) is 0 Å². The van der Waals surface area contributed by atoms with Gasteiger partial charge in [0.05, 0.1) is 11.0 Å². The first kappa shape index (κ1) is 17.4. The van der Waals surface area contributed by atoms with Gasteiger partial charge < -0.3 is 10.2 Å². The Balaban J connectivity index is 2.73. The molecule has 21 heavy (non-hydrogen) atoms. The maximum absolute atomic E-state index is 12.0. The highest BCUT2D eigenvalue weighted by molar-refractivity contribution is 7.89. The minimum Gasteiger partial charge on any atom is -0.478 e. The van der Waals surface area contributed by atoms with Crippen molar-refractivity contribution >= 4 is 22.1 Å². The molecule has 0 aliphatic heterocycles. The van der Waals surface area contributed by atoms with Gasteiger partial charge in [-0.05, 0) is 30.2 Å². The molecule has 0 radical (unpaired) electrons. The Hall–Kier alpha value is -1.70. The van der Waals surface area contributed by atoms with Crippen molar-refractivity contribution in [3.05, 3.63) is 35.9 Å². The van der Waals surface area contributed by atoms with Gasteiger partial charge in [-0.25, -0.2) is 17.9 Å². The highest BCUT2D eigenvalue weighted by Gasteiger charge is 2.15. The Labute approximate surface area is 124 Å². The monoisotopic (exact) mass is 313 g/mol. The number of hydrogen-bond acceptors (Lipinski definition) is 4. The third-order valence-electron chi connectivity index (χ3n) is 2.74. The molecule has 0 aromatic heterocycles. The molecule has 1 unspecified atom stereocenters. The van der Waals surface area contributed by atoms with Crippen molar-refractivity contribution in [2.24, 2.45) is 0 Å². The van der Waals surface area contributed by atoms with Gasteiger partial charge in [-0.3, -0.25) is 0 Å². The van der Waals surface area contributed by atoms with Gasteiger partial charge >= 0.3 is 5.97 Å². The zero-order valence-corrected chi connectivity index (χ0v) is 12.5. The average molecular weight is 313 g/mol. The first-order chi connectivity index (χ1) is 9.85. The second kappa shape index (κ2) is 7.92. The largest absolute Gasteiger partial charge is 0.478 e. The fourth-order valence-electron chi connectivity index (χ4n) is 1.65. The topological polar surface area (TPSA) is 104 Å². The van der Waals surface area contributed by atoms with Gasteiger partial charge in [0.1, 0.15) is 0 Å². The zero-order valence-electron chi connectivity index (χ0n) is 11.7.